The summed E-state index contributed by atoms with van der Waals surface area (Å²) in [5, 5.41) is 0. The quantitative estimate of drug-likeness (QED) is 0.800. The Labute approximate surface area is 142 Å². The lowest BCUT2D eigenvalue weighted by atomic mass is 9.97. The fraction of sp³-hybridized carbons (Fsp3) is 0.474. The molecule has 0 unspecified atom stereocenters. The molecule has 2 aliphatic heterocycles. The Kier molecular flexibility index (Phi) is 4.88. The lowest BCUT2D eigenvalue weighted by Crippen LogP contribution is -2.49. The molecule has 0 saturated carbocycles. The van der Waals surface area contributed by atoms with Crippen LogP contribution in [0.5, 0.6) is 5.75 Å². The second-order valence-electron chi connectivity index (χ2n) is 6.50. The number of fused-ring (bicyclic) bond motifs is 1. The van der Waals surface area contributed by atoms with Crippen LogP contribution in [0, 0.1) is 0 Å². The van der Waals surface area contributed by atoms with Crippen LogP contribution in [0.1, 0.15) is 38.7 Å². The zero-order valence-corrected chi connectivity index (χ0v) is 14.2. The van der Waals surface area contributed by atoms with Gasteiger partial charge in [-0.2, -0.15) is 0 Å². The van der Waals surface area contributed by atoms with E-state index in [2.05, 4.69) is 0 Å². The van der Waals surface area contributed by atoms with Gasteiger partial charge in [0.15, 0.2) is 6.61 Å². The second kappa shape index (κ2) is 7.07. The van der Waals surface area contributed by atoms with Crippen molar-refractivity contribution in [2.45, 2.75) is 45.2 Å². The molecule has 128 valence electrons. The largest absolute Gasteiger partial charge is 0.488 e. The Morgan fingerprint density at radius 1 is 1.21 bits per heavy atom. The first-order valence-electron chi connectivity index (χ1n) is 8.47. The smallest absolute Gasteiger partial charge is 0.338 e. The first-order chi connectivity index (χ1) is 11.6. The van der Waals surface area contributed by atoms with E-state index in [0.29, 0.717) is 5.57 Å². The molecule has 0 radical (unpaired) electrons. The molecule has 1 aromatic rings. The summed E-state index contributed by atoms with van der Waals surface area (Å²) in [5.74, 6) is 0.136. The zero-order valence-electron chi connectivity index (χ0n) is 14.2. The number of carbonyl (C=O) groups excluding carboxylic acids is 2. The summed E-state index contributed by atoms with van der Waals surface area (Å²) in [6.45, 7) is 4.04. The molecule has 1 fully saturated rings. The van der Waals surface area contributed by atoms with Gasteiger partial charge in [-0.15, -0.1) is 0 Å². The molecule has 5 heteroatoms. The van der Waals surface area contributed by atoms with Crippen molar-refractivity contribution in [2.75, 3.05) is 13.2 Å². The third-order valence-electron chi connectivity index (χ3n) is 4.70. The summed E-state index contributed by atoms with van der Waals surface area (Å²) in [4.78, 5) is 26.5. The van der Waals surface area contributed by atoms with E-state index in [9.17, 15) is 9.59 Å². The number of carbonyl (C=O) groups is 2. The number of hydrogen-bond donors (Lipinski definition) is 0. The van der Waals surface area contributed by atoms with Crippen LogP contribution in [-0.4, -0.2) is 42.1 Å². The SMILES string of the molecule is C[C@H]1CCC[C@H](C)N1C(=O)COC(=O)C1=Cc2ccccc2OC1. The Balaban J connectivity index is 1.60. The van der Waals surface area contributed by atoms with Gasteiger partial charge in [0, 0.05) is 17.6 Å². The van der Waals surface area contributed by atoms with E-state index < -0.39 is 5.97 Å². The molecule has 1 saturated heterocycles. The number of likely N-dealkylation sites (tertiary alicyclic amines) is 1. The minimum absolute atomic E-state index is 0.124. The maximum atomic E-state index is 12.4. The predicted molar refractivity (Wildman–Crippen MR) is 90.5 cm³/mol. The lowest BCUT2D eigenvalue weighted by molar-refractivity contribution is -0.152. The van der Waals surface area contributed by atoms with Gasteiger partial charge in [-0.3, -0.25) is 4.79 Å². The highest BCUT2D eigenvalue weighted by Gasteiger charge is 2.29. The minimum Gasteiger partial charge on any atom is -0.488 e. The van der Waals surface area contributed by atoms with Crippen molar-refractivity contribution in [3.05, 3.63) is 35.4 Å². The number of hydrogen-bond acceptors (Lipinski definition) is 4. The van der Waals surface area contributed by atoms with Gasteiger partial charge in [-0.25, -0.2) is 4.79 Å². The normalized spacial score (nSPS) is 22.9. The molecule has 2 atom stereocenters. The van der Waals surface area contributed by atoms with Gasteiger partial charge in [0.25, 0.3) is 5.91 Å². The summed E-state index contributed by atoms with van der Waals surface area (Å²) in [6, 6.07) is 7.90. The molecular weight excluding hydrogens is 306 g/mol. The summed E-state index contributed by atoms with van der Waals surface area (Å²) in [6.07, 6.45) is 4.90. The zero-order chi connectivity index (χ0) is 17.1. The van der Waals surface area contributed by atoms with E-state index >= 15 is 0 Å². The number of amides is 1. The molecule has 0 N–H and O–H groups in total. The highest BCUT2D eigenvalue weighted by molar-refractivity contribution is 5.96. The van der Waals surface area contributed by atoms with Crippen LogP contribution in [0.2, 0.25) is 0 Å². The van der Waals surface area contributed by atoms with E-state index in [1.807, 2.05) is 43.0 Å². The molecule has 0 aromatic heterocycles. The van der Waals surface area contributed by atoms with Gasteiger partial charge < -0.3 is 14.4 Å². The number of esters is 1. The van der Waals surface area contributed by atoms with Crippen molar-refractivity contribution in [3.8, 4) is 5.75 Å². The number of benzene rings is 1. The number of nitrogens with zero attached hydrogens (tertiary/aromatic N) is 1. The Hall–Kier alpha value is -2.30. The van der Waals surface area contributed by atoms with E-state index in [1.54, 1.807) is 6.08 Å². The fourth-order valence-corrected chi connectivity index (χ4v) is 3.44. The van der Waals surface area contributed by atoms with Gasteiger partial charge >= 0.3 is 5.97 Å². The van der Waals surface area contributed by atoms with Crippen molar-refractivity contribution in [1.29, 1.82) is 0 Å². The van der Waals surface area contributed by atoms with E-state index in [1.165, 1.54) is 0 Å². The molecule has 3 rings (SSSR count). The molecule has 2 aliphatic rings. The third kappa shape index (κ3) is 3.45. The number of piperidine rings is 1. The lowest BCUT2D eigenvalue weighted by Gasteiger charge is -2.38. The van der Waals surface area contributed by atoms with Gasteiger partial charge in [0.1, 0.15) is 12.4 Å². The summed E-state index contributed by atoms with van der Waals surface area (Å²) in [7, 11) is 0. The molecule has 1 aromatic carbocycles. The topological polar surface area (TPSA) is 55.8 Å². The number of para-hydroxylation sites is 1. The van der Waals surface area contributed by atoms with Crippen molar-refractivity contribution >= 4 is 18.0 Å². The van der Waals surface area contributed by atoms with Crippen molar-refractivity contribution in [1.82, 2.24) is 4.90 Å². The van der Waals surface area contributed by atoms with Crippen molar-refractivity contribution < 1.29 is 19.1 Å². The van der Waals surface area contributed by atoms with Crippen molar-refractivity contribution in [2.24, 2.45) is 0 Å². The first kappa shape index (κ1) is 16.6. The van der Waals surface area contributed by atoms with Crippen LogP contribution < -0.4 is 4.74 Å². The Morgan fingerprint density at radius 2 is 1.92 bits per heavy atom. The average Bonchev–Trinajstić information content (AvgIpc) is 2.59. The van der Waals surface area contributed by atoms with Gasteiger partial charge in [0.2, 0.25) is 0 Å². The summed E-state index contributed by atoms with van der Waals surface area (Å²) >= 11 is 0. The average molecular weight is 329 g/mol. The van der Waals surface area contributed by atoms with Crippen LogP contribution in [0.25, 0.3) is 6.08 Å². The van der Waals surface area contributed by atoms with Gasteiger partial charge in [0.05, 0.1) is 5.57 Å². The van der Waals surface area contributed by atoms with E-state index in [-0.39, 0.29) is 31.2 Å². The van der Waals surface area contributed by atoms with Crippen LogP contribution in [-0.2, 0) is 14.3 Å². The molecular formula is C19H23NO4. The molecule has 0 aliphatic carbocycles. The molecule has 2 heterocycles. The molecule has 5 nitrogen and oxygen atoms in total. The van der Waals surface area contributed by atoms with Gasteiger partial charge in [-0.05, 0) is 45.3 Å². The number of ether oxygens (including phenoxy) is 2. The predicted octanol–water partition coefficient (Wildman–Crippen LogP) is 2.80. The van der Waals surface area contributed by atoms with Gasteiger partial charge in [-0.1, -0.05) is 18.2 Å². The molecule has 1 amide bonds. The standard InChI is InChI=1S/C19H23NO4/c1-13-6-5-7-14(2)20(13)18(21)12-24-19(22)16-10-15-8-3-4-9-17(15)23-11-16/h3-4,8-10,13-14H,5-7,11-12H2,1-2H3/t13-,14-/m0/s1. The fourth-order valence-electron chi connectivity index (χ4n) is 3.44. The highest BCUT2D eigenvalue weighted by Crippen LogP contribution is 2.26. The maximum Gasteiger partial charge on any atom is 0.338 e. The molecule has 24 heavy (non-hydrogen) atoms. The molecule has 0 spiro atoms. The Bertz CT molecular complexity index is 657. The van der Waals surface area contributed by atoms with Crippen LogP contribution in [0.4, 0.5) is 0 Å². The molecule has 0 bridgehead atoms. The van der Waals surface area contributed by atoms with Crippen molar-refractivity contribution in [3.63, 3.8) is 0 Å². The van der Waals surface area contributed by atoms with Crippen LogP contribution in [0.15, 0.2) is 29.8 Å². The highest BCUT2D eigenvalue weighted by atomic mass is 16.5. The Morgan fingerprint density at radius 3 is 2.67 bits per heavy atom. The van der Waals surface area contributed by atoms with Crippen LogP contribution >= 0.6 is 0 Å². The van der Waals surface area contributed by atoms with Crippen LogP contribution in [0.3, 0.4) is 0 Å². The monoisotopic (exact) mass is 329 g/mol. The van der Waals surface area contributed by atoms with E-state index in [0.717, 1.165) is 30.6 Å². The summed E-state index contributed by atoms with van der Waals surface area (Å²) < 4.78 is 10.8. The second-order valence-corrected chi connectivity index (χ2v) is 6.50. The number of rotatable bonds is 3. The maximum absolute atomic E-state index is 12.4. The third-order valence-corrected chi connectivity index (χ3v) is 4.70. The summed E-state index contributed by atoms with van der Waals surface area (Å²) in [5.41, 5.74) is 1.28. The first-order valence-corrected chi connectivity index (χ1v) is 8.47. The minimum atomic E-state index is -0.491. The van der Waals surface area contributed by atoms with E-state index in [4.69, 9.17) is 9.47 Å².